The van der Waals surface area contributed by atoms with E-state index >= 15 is 0 Å². The van der Waals surface area contributed by atoms with Crippen LogP contribution in [0.15, 0.2) is 42.5 Å². The summed E-state index contributed by atoms with van der Waals surface area (Å²) in [6.07, 6.45) is -0.771. The fourth-order valence-corrected chi connectivity index (χ4v) is 4.18. The third-order valence-electron chi connectivity index (χ3n) is 5.60. The topological polar surface area (TPSA) is 39.3 Å². The molecule has 9 heteroatoms. The van der Waals surface area contributed by atoms with Gasteiger partial charge in [-0.25, -0.2) is 9.18 Å². The van der Waals surface area contributed by atoms with Crippen molar-refractivity contribution in [2.75, 3.05) is 61.0 Å². The molecule has 2 fully saturated rings. The highest BCUT2D eigenvalue weighted by atomic mass is 35.5. The van der Waals surface area contributed by atoms with E-state index < -0.39 is 6.09 Å². The lowest BCUT2D eigenvalue weighted by Crippen LogP contribution is -2.46. The molecule has 6 nitrogen and oxygen atoms in total. The Kier molecular flexibility index (Phi) is 6.48. The van der Waals surface area contributed by atoms with Crippen LogP contribution in [0.2, 0.25) is 5.02 Å². The molecule has 0 radical (unpaired) electrons. The number of carbonyl (C=O) groups excluding carboxylic acids is 1. The molecule has 2 heterocycles. The number of halogens is 2. The highest BCUT2D eigenvalue weighted by molar-refractivity contribution is 7.78. The molecule has 4 rings (SSSR count). The Balaban J connectivity index is 1.40. The molecular formula is C22H24ClFN4O2S. The summed E-state index contributed by atoms with van der Waals surface area (Å²) >= 11 is 10.8. The molecule has 0 unspecified atom stereocenters. The number of cyclic esters (lactones) is 1. The molecule has 0 N–H and O–H groups in total. The zero-order valence-electron chi connectivity index (χ0n) is 17.2. The van der Waals surface area contributed by atoms with E-state index in [2.05, 4.69) is 4.90 Å². The van der Waals surface area contributed by atoms with Gasteiger partial charge in [-0.2, -0.15) is 0 Å². The van der Waals surface area contributed by atoms with Crippen LogP contribution in [0, 0.1) is 5.82 Å². The largest absolute Gasteiger partial charge is 0.442 e. The van der Waals surface area contributed by atoms with Crippen molar-refractivity contribution in [2.45, 2.75) is 6.10 Å². The highest BCUT2D eigenvalue weighted by Gasteiger charge is 2.33. The predicted octanol–water partition coefficient (Wildman–Crippen LogP) is 4.02. The minimum Gasteiger partial charge on any atom is -0.442 e. The third-order valence-corrected chi connectivity index (χ3v) is 6.21. The zero-order valence-corrected chi connectivity index (χ0v) is 18.8. The van der Waals surface area contributed by atoms with E-state index in [1.807, 2.05) is 36.2 Å². The molecule has 31 heavy (non-hydrogen) atoms. The van der Waals surface area contributed by atoms with Crippen LogP contribution < -0.4 is 14.7 Å². The van der Waals surface area contributed by atoms with Crippen LogP contribution in [-0.2, 0) is 4.74 Å². The monoisotopic (exact) mass is 462 g/mol. The maximum atomic E-state index is 15.0. The number of hydrogen-bond donors (Lipinski definition) is 0. The summed E-state index contributed by atoms with van der Waals surface area (Å²) < 4.78 is 20.3. The summed E-state index contributed by atoms with van der Waals surface area (Å²) in [5, 5.41) is 0.712. The van der Waals surface area contributed by atoms with Gasteiger partial charge in [0.1, 0.15) is 11.9 Å². The van der Waals surface area contributed by atoms with Crippen LogP contribution in [0.3, 0.4) is 0 Å². The van der Waals surface area contributed by atoms with Gasteiger partial charge in [0, 0.05) is 43.9 Å². The Bertz CT molecular complexity index is 953. The molecule has 2 aliphatic rings. The smallest absolute Gasteiger partial charge is 0.414 e. The van der Waals surface area contributed by atoms with Gasteiger partial charge in [0.2, 0.25) is 0 Å². The molecule has 0 spiro atoms. The van der Waals surface area contributed by atoms with E-state index in [-0.39, 0.29) is 11.9 Å². The Labute approximate surface area is 191 Å². The molecule has 2 aromatic rings. The molecule has 1 atom stereocenters. The normalized spacial score (nSPS) is 18.9. The van der Waals surface area contributed by atoms with Gasteiger partial charge >= 0.3 is 6.09 Å². The summed E-state index contributed by atoms with van der Waals surface area (Å²) in [4.78, 5) is 19.8. The van der Waals surface area contributed by atoms with Crippen LogP contribution in [0.1, 0.15) is 0 Å². The van der Waals surface area contributed by atoms with Crippen LogP contribution in [-0.4, -0.2) is 68.9 Å². The first-order valence-electron chi connectivity index (χ1n) is 10.1. The summed E-state index contributed by atoms with van der Waals surface area (Å²) in [5.74, 6) is -0.343. The Morgan fingerprint density at radius 3 is 2.42 bits per heavy atom. The van der Waals surface area contributed by atoms with Gasteiger partial charge in [0.15, 0.2) is 0 Å². The lowest BCUT2D eigenvalue weighted by molar-refractivity contribution is 0.131. The Morgan fingerprint density at radius 1 is 1.13 bits per heavy atom. The molecule has 0 aliphatic carbocycles. The number of piperazine rings is 1. The number of amides is 1. The summed E-state index contributed by atoms with van der Waals surface area (Å²) in [6.45, 7) is 3.86. The van der Waals surface area contributed by atoms with E-state index in [1.165, 1.54) is 16.5 Å². The van der Waals surface area contributed by atoms with Gasteiger partial charge in [-0.15, -0.1) is 0 Å². The lowest BCUT2D eigenvalue weighted by atomic mass is 10.2. The Hall–Kier alpha value is -2.58. The first kappa shape index (κ1) is 21.6. The minimum atomic E-state index is -0.466. The SMILES string of the molecule is CN(C=S)C[C@H]1CN(c2ccc(N3CCN(c4ccc(Cl)cc4)CC3)c(F)c2)C(=O)O1. The van der Waals surface area contributed by atoms with E-state index in [0.717, 1.165) is 18.8 Å². The predicted molar refractivity (Wildman–Crippen MR) is 126 cm³/mol. The molecule has 1 amide bonds. The van der Waals surface area contributed by atoms with Gasteiger partial charge in [0.05, 0.1) is 30.0 Å². The van der Waals surface area contributed by atoms with Crippen LogP contribution in [0.4, 0.5) is 26.2 Å². The van der Waals surface area contributed by atoms with Crippen molar-refractivity contribution in [1.29, 1.82) is 0 Å². The van der Waals surface area contributed by atoms with E-state index in [9.17, 15) is 9.18 Å². The molecule has 0 aromatic heterocycles. The van der Waals surface area contributed by atoms with Crippen molar-refractivity contribution in [3.8, 4) is 0 Å². The fourth-order valence-electron chi connectivity index (χ4n) is 3.97. The molecule has 2 aliphatic heterocycles. The molecule has 0 bridgehead atoms. The quantitative estimate of drug-likeness (QED) is 0.604. The van der Waals surface area contributed by atoms with Crippen LogP contribution >= 0.6 is 23.8 Å². The zero-order chi connectivity index (χ0) is 22.0. The Morgan fingerprint density at radius 2 is 1.77 bits per heavy atom. The number of rotatable bonds is 6. The molecule has 0 saturated carbocycles. The van der Waals surface area contributed by atoms with Crippen LogP contribution in [0.5, 0.6) is 0 Å². The minimum absolute atomic E-state index is 0.305. The molecular weight excluding hydrogens is 439 g/mol. The number of likely N-dealkylation sites (N-methyl/N-ethyl adjacent to an activating group) is 1. The van der Waals surface area contributed by atoms with Gasteiger partial charge in [0.25, 0.3) is 0 Å². The number of thiocarbonyl (C=S) groups is 1. The maximum Gasteiger partial charge on any atom is 0.414 e. The van der Waals surface area contributed by atoms with Gasteiger partial charge in [-0.3, -0.25) is 4.90 Å². The molecule has 164 valence electrons. The number of nitrogens with zero attached hydrogens (tertiary/aromatic N) is 4. The van der Waals surface area contributed by atoms with E-state index in [0.29, 0.717) is 42.6 Å². The maximum absolute atomic E-state index is 15.0. The van der Waals surface area contributed by atoms with Crippen molar-refractivity contribution in [2.24, 2.45) is 0 Å². The number of benzene rings is 2. The van der Waals surface area contributed by atoms with Gasteiger partial charge in [-0.1, -0.05) is 23.8 Å². The van der Waals surface area contributed by atoms with Crippen molar-refractivity contribution in [1.82, 2.24) is 4.90 Å². The average molecular weight is 463 g/mol. The second kappa shape index (κ2) is 9.28. The number of anilines is 3. The molecule has 2 saturated heterocycles. The second-order valence-electron chi connectivity index (χ2n) is 7.75. The number of carbonyl (C=O) groups is 1. The lowest BCUT2D eigenvalue weighted by Gasteiger charge is -2.37. The summed E-state index contributed by atoms with van der Waals surface area (Å²) in [5.41, 5.74) is 3.67. The van der Waals surface area contributed by atoms with Gasteiger partial charge in [-0.05, 0) is 42.5 Å². The van der Waals surface area contributed by atoms with Crippen molar-refractivity contribution in [3.63, 3.8) is 0 Å². The number of ether oxygens (including phenoxy) is 1. The summed E-state index contributed by atoms with van der Waals surface area (Å²) in [7, 11) is 1.82. The van der Waals surface area contributed by atoms with Gasteiger partial charge < -0.3 is 19.4 Å². The van der Waals surface area contributed by atoms with Crippen molar-refractivity contribution >= 4 is 52.5 Å². The van der Waals surface area contributed by atoms with E-state index in [4.69, 9.17) is 28.6 Å². The fraction of sp³-hybridized carbons (Fsp3) is 0.364. The van der Waals surface area contributed by atoms with Crippen molar-refractivity contribution < 1.29 is 13.9 Å². The van der Waals surface area contributed by atoms with Crippen molar-refractivity contribution in [3.05, 3.63) is 53.3 Å². The standard InChI is InChI=1S/C22H24ClFN4O2S/c1-25(15-31)13-19-14-28(22(29)30-19)18-6-7-21(20(24)12-18)27-10-8-26(9-11-27)17-4-2-16(23)3-5-17/h2-7,12,15,19H,8-11,13-14H2,1H3/t19-/m0/s1. The average Bonchev–Trinajstić information content (AvgIpc) is 3.14. The van der Waals surface area contributed by atoms with E-state index in [1.54, 1.807) is 17.0 Å². The summed E-state index contributed by atoms with van der Waals surface area (Å²) in [6, 6.07) is 12.7. The third kappa shape index (κ3) is 4.85. The highest BCUT2D eigenvalue weighted by Crippen LogP contribution is 2.29. The second-order valence-corrected chi connectivity index (χ2v) is 8.39. The first-order valence-corrected chi connectivity index (χ1v) is 11.0. The molecule has 2 aromatic carbocycles. The number of hydrogen-bond acceptors (Lipinski definition) is 5. The first-order chi connectivity index (χ1) is 14.9. The van der Waals surface area contributed by atoms with Crippen LogP contribution in [0.25, 0.3) is 0 Å².